The van der Waals surface area contributed by atoms with Crippen LogP contribution in [0.4, 0.5) is 4.39 Å². The van der Waals surface area contributed by atoms with Crippen LogP contribution >= 0.6 is 0 Å². The van der Waals surface area contributed by atoms with Crippen LogP contribution in [0.3, 0.4) is 0 Å². The average molecular weight is 407 g/mol. The zero-order chi connectivity index (χ0) is 21.0. The molecule has 1 aliphatic carbocycles. The molecule has 1 aliphatic rings. The van der Waals surface area contributed by atoms with E-state index in [9.17, 15) is 4.39 Å². The molecule has 1 fully saturated rings. The molecule has 0 unspecified atom stereocenters. The SMILES string of the molecule is CCCCCc1ccc(-c2ccc(CCC3CCC(/C=C/CCF)CC3)cc2)cc1. The van der Waals surface area contributed by atoms with Gasteiger partial charge in [-0.2, -0.15) is 0 Å². The Morgan fingerprint density at radius 3 is 1.97 bits per heavy atom. The van der Waals surface area contributed by atoms with Crippen LogP contribution in [0.5, 0.6) is 0 Å². The van der Waals surface area contributed by atoms with Gasteiger partial charge in [0, 0.05) is 0 Å². The summed E-state index contributed by atoms with van der Waals surface area (Å²) >= 11 is 0. The Hall–Kier alpha value is -1.89. The van der Waals surface area contributed by atoms with E-state index in [0.29, 0.717) is 12.3 Å². The lowest BCUT2D eigenvalue weighted by atomic mass is 9.79. The van der Waals surface area contributed by atoms with Gasteiger partial charge in [-0.15, -0.1) is 0 Å². The van der Waals surface area contributed by atoms with Crippen LogP contribution in [0.1, 0.15) is 75.8 Å². The van der Waals surface area contributed by atoms with E-state index in [4.69, 9.17) is 0 Å². The van der Waals surface area contributed by atoms with Crippen LogP contribution in [0.25, 0.3) is 11.1 Å². The highest BCUT2D eigenvalue weighted by Gasteiger charge is 2.19. The van der Waals surface area contributed by atoms with Crippen molar-refractivity contribution in [3.8, 4) is 11.1 Å². The third-order valence-electron chi connectivity index (χ3n) is 6.73. The van der Waals surface area contributed by atoms with Crippen molar-refractivity contribution in [1.29, 1.82) is 0 Å². The maximum absolute atomic E-state index is 12.2. The van der Waals surface area contributed by atoms with Crippen molar-refractivity contribution in [3.63, 3.8) is 0 Å². The third-order valence-corrected chi connectivity index (χ3v) is 6.73. The first-order valence-corrected chi connectivity index (χ1v) is 12.2. The quantitative estimate of drug-likeness (QED) is 0.258. The van der Waals surface area contributed by atoms with Crippen molar-refractivity contribution in [2.45, 2.75) is 77.6 Å². The lowest BCUT2D eigenvalue weighted by Crippen LogP contribution is -2.13. The zero-order valence-corrected chi connectivity index (χ0v) is 18.8. The Morgan fingerprint density at radius 1 is 0.800 bits per heavy atom. The first-order chi connectivity index (χ1) is 14.8. The van der Waals surface area contributed by atoms with Crippen LogP contribution in [-0.2, 0) is 12.8 Å². The minimum absolute atomic E-state index is 0.227. The van der Waals surface area contributed by atoms with Gasteiger partial charge in [0.15, 0.2) is 0 Å². The maximum Gasteiger partial charge on any atom is 0.0928 e. The molecular formula is C29H39F. The number of halogens is 1. The predicted molar refractivity (Wildman–Crippen MR) is 129 cm³/mol. The molecule has 3 rings (SSSR count). The number of allylic oxidation sites excluding steroid dienone is 2. The number of benzene rings is 2. The molecule has 0 atom stereocenters. The van der Waals surface area contributed by atoms with Gasteiger partial charge in [0.25, 0.3) is 0 Å². The monoisotopic (exact) mass is 406 g/mol. The molecule has 0 aliphatic heterocycles. The predicted octanol–water partition coefficient (Wildman–Crippen LogP) is 8.74. The van der Waals surface area contributed by atoms with Gasteiger partial charge in [-0.3, -0.25) is 4.39 Å². The largest absolute Gasteiger partial charge is 0.251 e. The molecule has 0 aromatic heterocycles. The molecule has 30 heavy (non-hydrogen) atoms. The molecule has 0 amide bonds. The molecule has 2 aromatic rings. The number of unbranched alkanes of at least 4 members (excludes halogenated alkanes) is 2. The van der Waals surface area contributed by atoms with Crippen LogP contribution in [-0.4, -0.2) is 6.67 Å². The first kappa shape index (κ1) is 22.8. The van der Waals surface area contributed by atoms with Crippen molar-refractivity contribution in [3.05, 3.63) is 71.8 Å². The molecule has 0 spiro atoms. The summed E-state index contributed by atoms with van der Waals surface area (Å²) in [6.45, 7) is 2.03. The Morgan fingerprint density at radius 2 is 1.40 bits per heavy atom. The Kier molecular flexibility index (Phi) is 9.67. The Balaban J connectivity index is 1.43. The minimum atomic E-state index is -0.227. The topological polar surface area (TPSA) is 0 Å². The van der Waals surface area contributed by atoms with Gasteiger partial charge in [-0.25, -0.2) is 0 Å². The summed E-state index contributed by atoms with van der Waals surface area (Å²) < 4.78 is 12.2. The molecule has 2 aromatic carbocycles. The lowest BCUT2D eigenvalue weighted by Gasteiger charge is -2.26. The molecular weight excluding hydrogens is 367 g/mol. The summed E-state index contributed by atoms with van der Waals surface area (Å²) in [5.74, 6) is 1.54. The van der Waals surface area contributed by atoms with Crippen LogP contribution in [0.15, 0.2) is 60.7 Å². The summed E-state index contributed by atoms with van der Waals surface area (Å²) in [4.78, 5) is 0. The number of hydrogen-bond acceptors (Lipinski definition) is 0. The van der Waals surface area contributed by atoms with Crippen LogP contribution in [0.2, 0.25) is 0 Å². The van der Waals surface area contributed by atoms with Crippen molar-refractivity contribution in [2.75, 3.05) is 6.67 Å². The van der Waals surface area contributed by atoms with E-state index in [-0.39, 0.29) is 6.67 Å². The first-order valence-electron chi connectivity index (χ1n) is 12.2. The normalized spacial score (nSPS) is 19.4. The van der Waals surface area contributed by atoms with Crippen molar-refractivity contribution in [1.82, 2.24) is 0 Å². The number of rotatable bonds is 11. The lowest BCUT2D eigenvalue weighted by molar-refractivity contribution is 0.296. The van der Waals surface area contributed by atoms with E-state index in [1.54, 1.807) is 0 Å². The van der Waals surface area contributed by atoms with Gasteiger partial charge in [-0.1, -0.05) is 80.4 Å². The number of alkyl halides is 1. The van der Waals surface area contributed by atoms with E-state index in [1.807, 2.05) is 6.08 Å². The smallest absolute Gasteiger partial charge is 0.0928 e. The number of hydrogen-bond donors (Lipinski definition) is 0. The van der Waals surface area contributed by atoms with E-state index < -0.39 is 0 Å². The van der Waals surface area contributed by atoms with Gasteiger partial charge in [0.1, 0.15) is 0 Å². The highest BCUT2D eigenvalue weighted by molar-refractivity contribution is 5.64. The van der Waals surface area contributed by atoms with Gasteiger partial charge < -0.3 is 0 Å². The van der Waals surface area contributed by atoms with Crippen LogP contribution < -0.4 is 0 Å². The second-order valence-electron chi connectivity index (χ2n) is 9.08. The average Bonchev–Trinajstić information content (AvgIpc) is 2.80. The molecule has 0 bridgehead atoms. The zero-order valence-electron chi connectivity index (χ0n) is 18.8. The summed E-state index contributed by atoms with van der Waals surface area (Å²) in [6.07, 6.45) is 17.7. The highest BCUT2D eigenvalue weighted by Crippen LogP contribution is 2.32. The van der Waals surface area contributed by atoms with Crippen molar-refractivity contribution >= 4 is 0 Å². The van der Waals surface area contributed by atoms with Crippen molar-refractivity contribution in [2.24, 2.45) is 11.8 Å². The van der Waals surface area contributed by atoms with Gasteiger partial charge in [0.2, 0.25) is 0 Å². The van der Waals surface area contributed by atoms with Gasteiger partial charge in [0.05, 0.1) is 6.67 Å². The molecule has 0 saturated heterocycles. The fraction of sp³-hybridized carbons (Fsp3) is 0.517. The summed E-state index contributed by atoms with van der Waals surface area (Å²) in [7, 11) is 0. The number of aryl methyl sites for hydroxylation is 2. The Bertz CT molecular complexity index is 733. The summed E-state index contributed by atoms with van der Waals surface area (Å²) in [5, 5.41) is 0. The van der Waals surface area contributed by atoms with Gasteiger partial charge in [-0.05, 0) is 91.9 Å². The summed E-state index contributed by atoms with van der Waals surface area (Å²) in [6, 6.07) is 18.3. The highest BCUT2D eigenvalue weighted by atomic mass is 19.1. The van der Waals surface area contributed by atoms with Gasteiger partial charge >= 0.3 is 0 Å². The molecule has 1 heteroatoms. The second-order valence-corrected chi connectivity index (χ2v) is 9.08. The van der Waals surface area contributed by atoms with Crippen LogP contribution in [0, 0.1) is 11.8 Å². The maximum atomic E-state index is 12.2. The van der Waals surface area contributed by atoms with E-state index in [2.05, 4.69) is 61.5 Å². The Labute approximate surface area is 183 Å². The third kappa shape index (κ3) is 7.42. The standard InChI is InChI=1S/C29H39F/c1-2-3-4-7-25-15-19-28(20-16-25)29-21-17-27(18-22-29)14-13-26-11-9-24(10-12-26)8-5-6-23-30/h5,8,15-22,24,26H,2-4,6-7,9-14,23H2,1H3/b8-5+. The molecule has 0 nitrogen and oxygen atoms in total. The molecule has 162 valence electrons. The molecule has 0 heterocycles. The molecule has 1 saturated carbocycles. The second kappa shape index (κ2) is 12.7. The van der Waals surface area contributed by atoms with E-state index in [0.717, 1.165) is 5.92 Å². The fourth-order valence-corrected chi connectivity index (χ4v) is 4.70. The summed E-state index contributed by atoms with van der Waals surface area (Å²) in [5.41, 5.74) is 5.55. The fourth-order valence-electron chi connectivity index (χ4n) is 4.70. The van der Waals surface area contributed by atoms with E-state index in [1.165, 1.54) is 86.5 Å². The molecule has 0 N–H and O–H groups in total. The minimum Gasteiger partial charge on any atom is -0.251 e. The van der Waals surface area contributed by atoms with Crippen molar-refractivity contribution < 1.29 is 4.39 Å². The molecule has 0 radical (unpaired) electrons. The van der Waals surface area contributed by atoms with E-state index >= 15 is 0 Å².